The first-order chi connectivity index (χ1) is 8.11. The van der Waals surface area contributed by atoms with Crippen LogP contribution in [-0.4, -0.2) is 9.78 Å². The highest BCUT2D eigenvalue weighted by atomic mass is 35.5. The third kappa shape index (κ3) is 2.58. The molecule has 0 atom stereocenters. The molecule has 0 aliphatic rings. The molecule has 3 nitrogen and oxygen atoms in total. The van der Waals surface area contributed by atoms with Gasteiger partial charge in [0.1, 0.15) is 5.03 Å². The van der Waals surface area contributed by atoms with Gasteiger partial charge in [-0.3, -0.25) is 4.68 Å². The molecule has 5 heteroatoms. The number of hydrogen-bond acceptors (Lipinski definition) is 3. The molecule has 1 aromatic carbocycles. The van der Waals surface area contributed by atoms with E-state index in [1.165, 1.54) is 0 Å². The SMILES string of the molecule is CCc1nn(C)c(Sc2ccc(Cl)cc2)c1N. The third-order valence-electron chi connectivity index (χ3n) is 2.47. The number of halogens is 1. The van der Waals surface area contributed by atoms with Gasteiger partial charge in [-0.05, 0) is 30.7 Å². The molecule has 17 heavy (non-hydrogen) atoms. The van der Waals surface area contributed by atoms with Crippen molar-refractivity contribution in [2.75, 3.05) is 5.73 Å². The highest BCUT2D eigenvalue weighted by Gasteiger charge is 2.12. The minimum absolute atomic E-state index is 0.738. The summed E-state index contributed by atoms with van der Waals surface area (Å²) in [6.45, 7) is 2.05. The summed E-state index contributed by atoms with van der Waals surface area (Å²) in [5.41, 5.74) is 7.78. The number of nitrogens with zero attached hydrogens (tertiary/aromatic N) is 2. The van der Waals surface area contributed by atoms with E-state index in [9.17, 15) is 0 Å². The van der Waals surface area contributed by atoms with Crippen LogP contribution in [0.5, 0.6) is 0 Å². The Bertz CT molecular complexity index is 519. The van der Waals surface area contributed by atoms with Crippen LogP contribution in [0.1, 0.15) is 12.6 Å². The molecule has 0 unspecified atom stereocenters. The van der Waals surface area contributed by atoms with Crippen molar-refractivity contribution in [1.29, 1.82) is 0 Å². The van der Waals surface area contributed by atoms with Crippen molar-refractivity contribution in [2.24, 2.45) is 7.05 Å². The number of hydrogen-bond donors (Lipinski definition) is 1. The second-order valence-corrected chi connectivity index (χ2v) is 5.20. The lowest BCUT2D eigenvalue weighted by molar-refractivity contribution is 0.687. The summed E-state index contributed by atoms with van der Waals surface area (Å²) in [6, 6.07) is 7.70. The van der Waals surface area contributed by atoms with Gasteiger partial charge in [0, 0.05) is 17.0 Å². The van der Waals surface area contributed by atoms with Gasteiger partial charge < -0.3 is 5.73 Å². The van der Waals surface area contributed by atoms with Crippen molar-refractivity contribution in [2.45, 2.75) is 23.3 Å². The summed E-state index contributed by atoms with van der Waals surface area (Å²) >= 11 is 7.45. The minimum Gasteiger partial charge on any atom is -0.395 e. The van der Waals surface area contributed by atoms with Gasteiger partial charge in [0.2, 0.25) is 0 Å². The summed E-state index contributed by atoms with van der Waals surface area (Å²) < 4.78 is 1.83. The molecule has 0 amide bonds. The largest absolute Gasteiger partial charge is 0.395 e. The molecule has 1 heterocycles. The summed E-state index contributed by atoms with van der Waals surface area (Å²) in [7, 11) is 1.91. The van der Waals surface area contributed by atoms with E-state index in [0.29, 0.717) is 0 Å². The fraction of sp³-hybridized carbons (Fsp3) is 0.250. The van der Waals surface area contributed by atoms with Crippen molar-refractivity contribution in [3.63, 3.8) is 0 Å². The fourth-order valence-corrected chi connectivity index (χ4v) is 2.60. The van der Waals surface area contributed by atoms with E-state index in [-0.39, 0.29) is 0 Å². The minimum atomic E-state index is 0.738. The Kier molecular flexibility index (Phi) is 3.64. The van der Waals surface area contributed by atoms with Gasteiger partial charge in [0.05, 0.1) is 11.4 Å². The van der Waals surface area contributed by atoms with E-state index in [2.05, 4.69) is 12.0 Å². The predicted octanol–water partition coefficient (Wildman–Crippen LogP) is 3.37. The maximum absolute atomic E-state index is 6.06. The first kappa shape index (κ1) is 12.3. The zero-order chi connectivity index (χ0) is 12.4. The third-order valence-corrected chi connectivity index (χ3v) is 3.91. The molecule has 0 spiro atoms. The second-order valence-electron chi connectivity index (χ2n) is 3.70. The van der Waals surface area contributed by atoms with Gasteiger partial charge in [-0.25, -0.2) is 0 Å². The van der Waals surface area contributed by atoms with Crippen LogP contribution in [0.2, 0.25) is 5.02 Å². The van der Waals surface area contributed by atoms with Crippen LogP contribution in [0, 0.1) is 0 Å². The normalized spacial score (nSPS) is 10.8. The summed E-state index contributed by atoms with van der Waals surface area (Å²) in [6.07, 6.45) is 0.848. The molecule has 0 radical (unpaired) electrons. The zero-order valence-corrected chi connectivity index (χ0v) is 11.3. The predicted molar refractivity (Wildman–Crippen MR) is 72.6 cm³/mol. The molecule has 2 rings (SSSR count). The van der Waals surface area contributed by atoms with Gasteiger partial charge >= 0.3 is 0 Å². The van der Waals surface area contributed by atoms with Crippen LogP contribution >= 0.6 is 23.4 Å². The van der Waals surface area contributed by atoms with Crippen LogP contribution in [0.3, 0.4) is 0 Å². The van der Waals surface area contributed by atoms with E-state index >= 15 is 0 Å². The molecule has 0 saturated carbocycles. The molecular weight excluding hydrogens is 254 g/mol. The van der Waals surface area contributed by atoms with E-state index in [4.69, 9.17) is 17.3 Å². The van der Waals surface area contributed by atoms with Crippen molar-refractivity contribution >= 4 is 29.1 Å². The van der Waals surface area contributed by atoms with Crippen LogP contribution in [0.25, 0.3) is 0 Å². The lowest BCUT2D eigenvalue weighted by Crippen LogP contribution is -1.93. The number of anilines is 1. The van der Waals surface area contributed by atoms with Gasteiger partial charge in [0.15, 0.2) is 0 Å². The smallest absolute Gasteiger partial charge is 0.122 e. The molecule has 90 valence electrons. The quantitative estimate of drug-likeness (QED) is 0.927. The molecule has 0 aliphatic heterocycles. The lowest BCUT2D eigenvalue weighted by atomic mass is 10.3. The van der Waals surface area contributed by atoms with Gasteiger partial charge in [-0.15, -0.1) is 0 Å². The Morgan fingerprint density at radius 3 is 2.53 bits per heavy atom. The fourth-order valence-electron chi connectivity index (χ4n) is 1.57. The number of aromatic nitrogens is 2. The molecule has 2 N–H and O–H groups in total. The van der Waals surface area contributed by atoms with E-state index in [1.807, 2.05) is 36.0 Å². The summed E-state index contributed by atoms with van der Waals surface area (Å²) in [5.74, 6) is 0. The molecule has 1 aromatic heterocycles. The number of benzene rings is 1. The molecule has 0 saturated heterocycles. The summed E-state index contributed by atoms with van der Waals surface area (Å²) in [5, 5.41) is 6.10. The molecule has 2 aromatic rings. The molecule has 0 fully saturated rings. The average Bonchev–Trinajstić information content (AvgIpc) is 2.59. The maximum atomic E-state index is 6.06. The van der Waals surface area contributed by atoms with Gasteiger partial charge in [-0.1, -0.05) is 30.3 Å². The second kappa shape index (κ2) is 5.02. The van der Waals surface area contributed by atoms with E-state index in [0.717, 1.165) is 32.7 Å². The van der Waals surface area contributed by atoms with Crippen LogP contribution in [-0.2, 0) is 13.5 Å². The first-order valence-electron chi connectivity index (χ1n) is 5.36. The Morgan fingerprint density at radius 1 is 1.35 bits per heavy atom. The number of rotatable bonds is 3. The number of nitrogen functional groups attached to an aromatic ring is 1. The molecule has 0 aliphatic carbocycles. The highest BCUT2D eigenvalue weighted by Crippen LogP contribution is 2.33. The Balaban J connectivity index is 2.29. The molecule has 0 bridgehead atoms. The summed E-state index contributed by atoms with van der Waals surface area (Å²) in [4.78, 5) is 1.10. The van der Waals surface area contributed by atoms with E-state index in [1.54, 1.807) is 11.8 Å². The van der Waals surface area contributed by atoms with Crippen LogP contribution in [0.4, 0.5) is 5.69 Å². The van der Waals surface area contributed by atoms with Crippen molar-refractivity contribution in [1.82, 2.24) is 9.78 Å². The standard InChI is InChI=1S/C12H14ClN3S/c1-3-10-11(14)12(16(2)15-10)17-9-6-4-8(13)5-7-9/h4-7H,3,14H2,1-2H3. The monoisotopic (exact) mass is 267 g/mol. The maximum Gasteiger partial charge on any atom is 0.122 e. The first-order valence-corrected chi connectivity index (χ1v) is 6.56. The zero-order valence-electron chi connectivity index (χ0n) is 9.77. The van der Waals surface area contributed by atoms with Gasteiger partial charge in [-0.2, -0.15) is 5.10 Å². The van der Waals surface area contributed by atoms with Crippen LogP contribution < -0.4 is 5.73 Å². The number of nitrogens with two attached hydrogens (primary N) is 1. The van der Waals surface area contributed by atoms with Crippen molar-refractivity contribution in [3.8, 4) is 0 Å². The average molecular weight is 268 g/mol. The van der Waals surface area contributed by atoms with E-state index < -0.39 is 0 Å². The van der Waals surface area contributed by atoms with Crippen molar-refractivity contribution in [3.05, 3.63) is 35.0 Å². The molecular formula is C12H14ClN3S. The van der Waals surface area contributed by atoms with Crippen molar-refractivity contribution < 1.29 is 0 Å². The Morgan fingerprint density at radius 2 is 2.00 bits per heavy atom. The Labute approximate surface area is 110 Å². The number of aryl methyl sites for hydroxylation is 2. The van der Waals surface area contributed by atoms with Crippen LogP contribution in [0.15, 0.2) is 34.2 Å². The lowest BCUT2D eigenvalue weighted by Gasteiger charge is -2.03. The highest BCUT2D eigenvalue weighted by molar-refractivity contribution is 7.99. The van der Waals surface area contributed by atoms with Gasteiger partial charge in [0.25, 0.3) is 0 Å². The topological polar surface area (TPSA) is 43.8 Å². The Hall–Kier alpha value is -1.13.